The molecule has 4 aromatic rings. The van der Waals surface area contributed by atoms with Crippen LogP contribution in [0.5, 0.6) is 0 Å². The van der Waals surface area contributed by atoms with E-state index in [2.05, 4.69) is 18.2 Å². The Morgan fingerprint density at radius 2 is 1.09 bits per heavy atom. The highest BCUT2D eigenvalue weighted by Crippen LogP contribution is 2.35. The number of benzene rings is 4. The topological polar surface area (TPSA) is 34.1 Å². The molecule has 0 saturated carbocycles. The van der Waals surface area contributed by atoms with E-state index in [-0.39, 0.29) is 0 Å². The minimum Gasteiger partial charge on any atom is -0.281 e. The lowest BCUT2D eigenvalue weighted by Crippen LogP contribution is -2.16. The predicted octanol–water partition coefficient (Wildman–Crippen LogP) is 8.27. The van der Waals surface area contributed by atoms with Gasteiger partial charge >= 0.3 is 0 Å². The summed E-state index contributed by atoms with van der Waals surface area (Å²) in [6.45, 7) is 0. The third-order valence-electron chi connectivity index (χ3n) is 6.39. The molecule has 2 nitrogen and oxygen atoms in total. The summed E-state index contributed by atoms with van der Waals surface area (Å²) in [7, 11) is 0. The van der Waals surface area contributed by atoms with E-state index in [4.69, 9.17) is 23.2 Å². The first-order valence-electron chi connectivity index (χ1n) is 11.7. The zero-order valence-electron chi connectivity index (χ0n) is 19.2. The highest BCUT2D eigenvalue weighted by Gasteiger charge is 2.26. The van der Waals surface area contributed by atoms with Crippen LogP contribution in [0.25, 0.3) is 22.3 Å². The van der Waals surface area contributed by atoms with Gasteiger partial charge in [-0.15, -0.1) is 0 Å². The Morgan fingerprint density at radius 3 is 1.69 bits per heavy atom. The minimum atomic E-state index is -0.532. The molecule has 0 aliphatic rings. The van der Waals surface area contributed by atoms with Gasteiger partial charge in [-0.1, -0.05) is 109 Å². The first-order valence-corrected chi connectivity index (χ1v) is 12.5. The van der Waals surface area contributed by atoms with Crippen LogP contribution in [0.1, 0.15) is 29.9 Å². The molecular weight excluding hydrogens is 475 g/mol. The summed E-state index contributed by atoms with van der Waals surface area (Å²) in [6, 6.07) is 35.9. The van der Waals surface area contributed by atoms with Gasteiger partial charge in [0.15, 0.2) is 0 Å². The number of hydrogen-bond acceptors (Lipinski definition) is 2. The number of rotatable bonds is 10. The van der Waals surface area contributed by atoms with Gasteiger partial charge in [0.05, 0.1) is 5.92 Å². The average molecular weight is 501 g/mol. The Kier molecular flexibility index (Phi) is 8.52. The highest BCUT2D eigenvalue weighted by molar-refractivity contribution is 6.65. The van der Waals surface area contributed by atoms with E-state index in [1.54, 1.807) is 0 Å². The third kappa shape index (κ3) is 6.28. The molecule has 0 heterocycles. The van der Waals surface area contributed by atoms with Gasteiger partial charge in [-0.25, -0.2) is 0 Å². The molecule has 0 radical (unpaired) electrons. The van der Waals surface area contributed by atoms with Crippen LogP contribution in [0.4, 0.5) is 0 Å². The zero-order chi connectivity index (χ0) is 24.6. The standard InChI is InChI=1S/C31H26Cl2O2/c32-30(34)25(21-24-15-7-8-16-26(24)22-11-3-1-4-12-22)19-20-29(31(33)35)28-18-10-9-17-27(28)23-13-5-2-6-14-23/h1-18,25,29H,19-21H2. The third-order valence-corrected chi connectivity index (χ3v) is 6.96. The molecule has 0 saturated heterocycles. The monoisotopic (exact) mass is 500 g/mol. The molecular formula is C31H26Cl2O2. The van der Waals surface area contributed by atoms with Gasteiger partial charge in [-0.3, -0.25) is 9.59 Å². The molecule has 4 heteroatoms. The largest absolute Gasteiger partial charge is 0.281 e. The molecule has 2 unspecified atom stereocenters. The van der Waals surface area contributed by atoms with Crippen molar-refractivity contribution in [2.24, 2.45) is 5.92 Å². The van der Waals surface area contributed by atoms with Crippen LogP contribution in [0.2, 0.25) is 0 Å². The van der Waals surface area contributed by atoms with Crippen molar-refractivity contribution in [3.8, 4) is 22.3 Å². The van der Waals surface area contributed by atoms with Crippen molar-refractivity contribution in [2.75, 3.05) is 0 Å². The van der Waals surface area contributed by atoms with Gasteiger partial charge in [-0.2, -0.15) is 0 Å². The molecule has 4 rings (SSSR count). The summed E-state index contributed by atoms with van der Waals surface area (Å²) in [4.78, 5) is 25.0. The summed E-state index contributed by atoms with van der Waals surface area (Å²) in [5.41, 5.74) is 6.08. The summed E-state index contributed by atoms with van der Waals surface area (Å²) in [5.74, 6) is -0.958. The maximum atomic E-state index is 12.6. The van der Waals surface area contributed by atoms with Crippen molar-refractivity contribution < 1.29 is 9.59 Å². The van der Waals surface area contributed by atoms with E-state index in [0.29, 0.717) is 19.3 Å². The van der Waals surface area contributed by atoms with Crippen molar-refractivity contribution in [1.82, 2.24) is 0 Å². The molecule has 176 valence electrons. The molecule has 0 amide bonds. The van der Waals surface area contributed by atoms with Crippen molar-refractivity contribution in [3.63, 3.8) is 0 Å². The second kappa shape index (κ2) is 12.0. The molecule has 4 aromatic carbocycles. The fraction of sp³-hybridized carbons (Fsp3) is 0.161. The van der Waals surface area contributed by atoms with Crippen LogP contribution < -0.4 is 0 Å². The molecule has 0 aliphatic heterocycles. The number of halogens is 2. The van der Waals surface area contributed by atoms with Crippen molar-refractivity contribution in [2.45, 2.75) is 25.2 Å². The quantitative estimate of drug-likeness (QED) is 0.205. The van der Waals surface area contributed by atoms with Gasteiger partial charge in [-0.05, 0) is 75.8 Å². The maximum Gasteiger partial charge on any atom is 0.229 e. The number of hydrogen-bond donors (Lipinski definition) is 0. The lowest BCUT2D eigenvalue weighted by atomic mass is 9.84. The highest BCUT2D eigenvalue weighted by atomic mass is 35.5. The van der Waals surface area contributed by atoms with Crippen LogP contribution in [0.3, 0.4) is 0 Å². The number of carbonyl (C=O) groups is 2. The average Bonchev–Trinajstić information content (AvgIpc) is 2.89. The van der Waals surface area contributed by atoms with Gasteiger partial charge in [0, 0.05) is 5.92 Å². The Morgan fingerprint density at radius 1 is 0.571 bits per heavy atom. The fourth-order valence-electron chi connectivity index (χ4n) is 4.60. The lowest BCUT2D eigenvalue weighted by molar-refractivity contribution is -0.116. The first-order chi connectivity index (χ1) is 17.0. The molecule has 0 spiro atoms. The van der Waals surface area contributed by atoms with Gasteiger partial charge in [0.25, 0.3) is 0 Å². The minimum absolute atomic E-state index is 0.398. The first kappa shape index (κ1) is 24.9. The van der Waals surface area contributed by atoms with Crippen LogP contribution in [0, 0.1) is 5.92 Å². The van der Waals surface area contributed by atoms with E-state index in [0.717, 1.165) is 33.4 Å². The summed E-state index contributed by atoms with van der Waals surface area (Å²) < 4.78 is 0. The van der Waals surface area contributed by atoms with E-state index in [9.17, 15) is 9.59 Å². The van der Waals surface area contributed by atoms with Crippen LogP contribution in [-0.4, -0.2) is 10.5 Å². The second-order valence-corrected chi connectivity index (χ2v) is 9.36. The number of carbonyl (C=O) groups excluding carboxylic acids is 2. The van der Waals surface area contributed by atoms with Gasteiger partial charge < -0.3 is 0 Å². The Labute approximate surface area is 216 Å². The molecule has 2 atom stereocenters. The van der Waals surface area contributed by atoms with Crippen molar-refractivity contribution in [3.05, 3.63) is 120 Å². The Bertz CT molecular complexity index is 1290. The van der Waals surface area contributed by atoms with Gasteiger partial charge in [0.1, 0.15) is 0 Å². The molecule has 0 aliphatic carbocycles. The maximum absolute atomic E-state index is 12.6. The van der Waals surface area contributed by atoms with Crippen molar-refractivity contribution in [1.29, 1.82) is 0 Å². The lowest BCUT2D eigenvalue weighted by Gasteiger charge is -2.21. The summed E-state index contributed by atoms with van der Waals surface area (Å²) in [6.07, 6.45) is 1.39. The fourth-order valence-corrected chi connectivity index (χ4v) is 5.01. The van der Waals surface area contributed by atoms with E-state index in [1.807, 2.05) is 91.0 Å². The molecule has 0 fully saturated rings. The predicted molar refractivity (Wildman–Crippen MR) is 145 cm³/mol. The van der Waals surface area contributed by atoms with E-state index >= 15 is 0 Å². The van der Waals surface area contributed by atoms with Gasteiger partial charge in [0.2, 0.25) is 10.5 Å². The molecule has 0 N–H and O–H groups in total. The van der Waals surface area contributed by atoms with E-state index in [1.165, 1.54) is 0 Å². The smallest absolute Gasteiger partial charge is 0.229 e. The normalized spacial score (nSPS) is 12.6. The Balaban J connectivity index is 1.58. The second-order valence-electron chi connectivity index (χ2n) is 8.62. The molecule has 35 heavy (non-hydrogen) atoms. The Hall–Kier alpha value is -3.20. The van der Waals surface area contributed by atoms with Crippen LogP contribution >= 0.6 is 23.2 Å². The summed E-state index contributed by atoms with van der Waals surface area (Å²) in [5, 5.41) is -0.830. The van der Waals surface area contributed by atoms with E-state index < -0.39 is 22.3 Å². The molecule has 0 aromatic heterocycles. The van der Waals surface area contributed by atoms with Crippen LogP contribution in [-0.2, 0) is 16.0 Å². The van der Waals surface area contributed by atoms with Crippen LogP contribution in [0.15, 0.2) is 109 Å². The zero-order valence-corrected chi connectivity index (χ0v) is 20.8. The SMILES string of the molecule is O=C(Cl)C(CCC(C(=O)Cl)c1ccccc1-c1ccccc1)Cc1ccccc1-c1ccccc1. The summed E-state index contributed by atoms with van der Waals surface area (Å²) >= 11 is 12.2. The molecule has 0 bridgehead atoms. The van der Waals surface area contributed by atoms with Crippen molar-refractivity contribution >= 4 is 33.7 Å².